The van der Waals surface area contributed by atoms with Crippen molar-refractivity contribution >= 4 is 5.91 Å². The molecule has 1 amide bonds. The van der Waals surface area contributed by atoms with Gasteiger partial charge in [-0.1, -0.05) is 6.92 Å². The molecule has 1 unspecified atom stereocenters. The molecule has 1 heterocycles. The van der Waals surface area contributed by atoms with Crippen LogP contribution in [0, 0.1) is 0 Å². The Morgan fingerprint density at radius 1 is 1.64 bits per heavy atom. The van der Waals surface area contributed by atoms with E-state index in [-0.39, 0.29) is 24.7 Å². The fourth-order valence-electron chi connectivity index (χ4n) is 1.52. The van der Waals surface area contributed by atoms with E-state index in [0.717, 1.165) is 25.7 Å². The van der Waals surface area contributed by atoms with Crippen LogP contribution >= 0.6 is 0 Å². The van der Waals surface area contributed by atoms with E-state index in [1.165, 1.54) is 0 Å². The minimum atomic E-state index is -0.302. The molecule has 1 fully saturated rings. The second-order valence-electron chi connectivity index (χ2n) is 3.65. The number of aliphatic hydroxyl groups is 1. The summed E-state index contributed by atoms with van der Waals surface area (Å²) in [5.41, 5.74) is 0. The Morgan fingerprint density at radius 2 is 2.43 bits per heavy atom. The summed E-state index contributed by atoms with van der Waals surface area (Å²) < 4.78 is 5.34. The van der Waals surface area contributed by atoms with Gasteiger partial charge in [-0.15, -0.1) is 0 Å². The molecular weight excluding hydrogens is 182 g/mol. The van der Waals surface area contributed by atoms with Crippen LogP contribution in [-0.2, 0) is 9.53 Å². The molecule has 0 aromatic rings. The highest BCUT2D eigenvalue weighted by molar-refractivity contribution is 5.81. The lowest BCUT2D eigenvalue weighted by atomic mass is 10.1. The molecule has 4 nitrogen and oxygen atoms in total. The van der Waals surface area contributed by atoms with Crippen LogP contribution in [0.25, 0.3) is 0 Å². The average Bonchev–Trinajstić information content (AvgIpc) is 2.26. The van der Waals surface area contributed by atoms with E-state index in [2.05, 4.69) is 5.32 Å². The zero-order valence-corrected chi connectivity index (χ0v) is 8.66. The number of rotatable bonds is 4. The van der Waals surface area contributed by atoms with E-state index in [0.29, 0.717) is 6.61 Å². The third-order valence-corrected chi connectivity index (χ3v) is 2.53. The number of hydrogen-bond donors (Lipinski definition) is 2. The first kappa shape index (κ1) is 11.5. The van der Waals surface area contributed by atoms with Crippen LogP contribution in [0.1, 0.15) is 32.6 Å². The summed E-state index contributed by atoms with van der Waals surface area (Å²) >= 11 is 0. The van der Waals surface area contributed by atoms with Gasteiger partial charge in [-0.05, 0) is 25.7 Å². The molecular formula is C10H19NO3. The van der Waals surface area contributed by atoms with Gasteiger partial charge in [-0.2, -0.15) is 0 Å². The fourth-order valence-corrected chi connectivity index (χ4v) is 1.52. The van der Waals surface area contributed by atoms with Crippen molar-refractivity contribution in [2.45, 2.75) is 44.8 Å². The predicted molar refractivity (Wildman–Crippen MR) is 52.9 cm³/mol. The van der Waals surface area contributed by atoms with Crippen molar-refractivity contribution in [3.05, 3.63) is 0 Å². The van der Waals surface area contributed by atoms with Gasteiger partial charge in [0.1, 0.15) is 6.10 Å². The number of nitrogens with one attached hydrogen (secondary N) is 1. The number of aliphatic hydroxyl groups excluding tert-OH is 1. The highest BCUT2D eigenvalue weighted by Crippen LogP contribution is 2.12. The van der Waals surface area contributed by atoms with E-state index < -0.39 is 0 Å². The molecule has 0 spiro atoms. The van der Waals surface area contributed by atoms with Crippen molar-refractivity contribution in [1.29, 1.82) is 0 Å². The third-order valence-electron chi connectivity index (χ3n) is 2.53. The molecule has 1 saturated heterocycles. The third kappa shape index (κ3) is 3.27. The molecule has 1 aliphatic rings. The van der Waals surface area contributed by atoms with Crippen LogP contribution in [-0.4, -0.2) is 36.4 Å². The van der Waals surface area contributed by atoms with Crippen LogP contribution in [0.3, 0.4) is 0 Å². The lowest BCUT2D eigenvalue weighted by molar-refractivity contribution is -0.136. The number of hydrogen-bond acceptors (Lipinski definition) is 3. The van der Waals surface area contributed by atoms with Crippen LogP contribution < -0.4 is 5.32 Å². The van der Waals surface area contributed by atoms with Gasteiger partial charge in [0.25, 0.3) is 0 Å². The Hall–Kier alpha value is -0.610. The molecule has 2 N–H and O–H groups in total. The normalized spacial score (nSPS) is 24.3. The van der Waals surface area contributed by atoms with Gasteiger partial charge in [0.2, 0.25) is 5.91 Å². The number of carbonyl (C=O) groups is 1. The van der Waals surface area contributed by atoms with E-state index in [1.54, 1.807) is 0 Å². The second-order valence-corrected chi connectivity index (χ2v) is 3.65. The first-order valence-electron chi connectivity index (χ1n) is 5.30. The standard InChI is InChI=1S/C10H19NO3/c1-2-8(7-12)11-10(13)9-5-3-4-6-14-9/h8-9,12H,2-7H2,1H3,(H,11,13)/t8-,9?/m0/s1. The van der Waals surface area contributed by atoms with Crippen LogP contribution in [0.15, 0.2) is 0 Å². The van der Waals surface area contributed by atoms with Crippen LogP contribution in [0.2, 0.25) is 0 Å². The first-order chi connectivity index (χ1) is 6.77. The van der Waals surface area contributed by atoms with Crippen LogP contribution in [0.4, 0.5) is 0 Å². The Bertz CT molecular complexity index is 174. The largest absolute Gasteiger partial charge is 0.394 e. The van der Waals surface area contributed by atoms with E-state index in [1.807, 2.05) is 6.92 Å². The van der Waals surface area contributed by atoms with Gasteiger partial charge in [-0.3, -0.25) is 4.79 Å². The van der Waals surface area contributed by atoms with Gasteiger partial charge in [-0.25, -0.2) is 0 Å². The van der Waals surface area contributed by atoms with Gasteiger partial charge in [0.05, 0.1) is 12.6 Å². The topological polar surface area (TPSA) is 58.6 Å². The van der Waals surface area contributed by atoms with Crippen molar-refractivity contribution in [3.8, 4) is 0 Å². The maximum absolute atomic E-state index is 11.6. The molecule has 2 atom stereocenters. The summed E-state index contributed by atoms with van der Waals surface area (Å²) in [5.74, 6) is -0.0781. The summed E-state index contributed by atoms with van der Waals surface area (Å²) in [6.45, 7) is 2.60. The monoisotopic (exact) mass is 201 g/mol. The molecule has 0 aromatic carbocycles. The highest BCUT2D eigenvalue weighted by atomic mass is 16.5. The fraction of sp³-hybridized carbons (Fsp3) is 0.900. The van der Waals surface area contributed by atoms with Crippen molar-refractivity contribution in [3.63, 3.8) is 0 Å². The minimum absolute atomic E-state index is 0.00500. The van der Waals surface area contributed by atoms with Crippen molar-refractivity contribution < 1.29 is 14.6 Å². The van der Waals surface area contributed by atoms with E-state index in [4.69, 9.17) is 9.84 Å². The molecule has 82 valence electrons. The number of carbonyl (C=O) groups excluding carboxylic acids is 1. The summed E-state index contributed by atoms with van der Waals surface area (Å²) in [4.78, 5) is 11.6. The van der Waals surface area contributed by atoms with Crippen molar-refractivity contribution in [2.24, 2.45) is 0 Å². The molecule has 14 heavy (non-hydrogen) atoms. The van der Waals surface area contributed by atoms with Gasteiger partial charge in [0.15, 0.2) is 0 Å². The van der Waals surface area contributed by atoms with Crippen molar-refractivity contribution in [1.82, 2.24) is 5.32 Å². The number of ether oxygens (including phenoxy) is 1. The molecule has 0 aromatic heterocycles. The molecule has 1 rings (SSSR count). The molecule has 0 saturated carbocycles. The maximum Gasteiger partial charge on any atom is 0.249 e. The quantitative estimate of drug-likeness (QED) is 0.694. The average molecular weight is 201 g/mol. The molecule has 4 heteroatoms. The summed E-state index contributed by atoms with van der Waals surface area (Å²) in [5, 5.41) is 11.7. The summed E-state index contributed by atoms with van der Waals surface area (Å²) in [6.07, 6.45) is 3.34. The van der Waals surface area contributed by atoms with Gasteiger partial charge < -0.3 is 15.2 Å². The van der Waals surface area contributed by atoms with Crippen molar-refractivity contribution in [2.75, 3.05) is 13.2 Å². The van der Waals surface area contributed by atoms with E-state index >= 15 is 0 Å². The molecule has 0 bridgehead atoms. The summed E-state index contributed by atoms with van der Waals surface area (Å²) in [7, 11) is 0. The smallest absolute Gasteiger partial charge is 0.249 e. The lowest BCUT2D eigenvalue weighted by Gasteiger charge is -2.24. The SMILES string of the molecule is CC[C@@H](CO)NC(=O)C1CCCCO1. The van der Waals surface area contributed by atoms with Gasteiger partial charge >= 0.3 is 0 Å². The predicted octanol–water partition coefficient (Wildman–Crippen LogP) is 0.443. The first-order valence-corrected chi connectivity index (χ1v) is 5.30. The van der Waals surface area contributed by atoms with Gasteiger partial charge in [0, 0.05) is 6.61 Å². The highest BCUT2D eigenvalue weighted by Gasteiger charge is 2.23. The zero-order valence-electron chi connectivity index (χ0n) is 8.66. The Morgan fingerprint density at radius 3 is 2.93 bits per heavy atom. The Labute approximate surface area is 84.6 Å². The minimum Gasteiger partial charge on any atom is -0.394 e. The Balaban J connectivity index is 2.32. The zero-order chi connectivity index (χ0) is 10.4. The van der Waals surface area contributed by atoms with Crippen LogP contribution in [0.5, 0.6) is 0 Å². The summed E-state index contributed by atoms with van der Waals surface area (Å²) in [6, 6.07) is -0.131. The lowest BCUT2D eigenvalue weighted by Crippen LogP contribution is -2.44. The van der Waals surface area contributed by atoms with E-state index in [9.17, 15) is 4.79 Å². The molecule has 0 radical (unpaired) electrons. The molecule has 1 aliphatic heterocycles. The number of amides is 1. The second kappa shape index (κ2) is 5.98. The Kier molecular flexibility index (Phi) is 4.90. The maximum atomic E-state index is 11.6. The molecule has 0 aliphatic carbocycles.